The molecule has 7 heteroatoms. The first-order valence-electron chi connectivity index (χ1n) is 7.45. The number of carbonyl (C=O) groups excluding carboxylic acids is 1. The first kappa shape index (κ1) is 15.6. The van der Waals surface area contributed by atoms with Gasteiger partial charge in [-0.2, -0.15) is 0 Å². The van der Waals surface area contributed by atoms with Gasteiger partial charge in [0.25, 0.3) is 5.69 Å². The van der Waals surface area contributed by atoms with Crippen LogP contribution >= 0.6 is 11.3 Å². The summed E-state index contributed by atoms with van der Waals surface area (Å²) in [4.78, 5) is 25.9. The second kappa shape index (κ2) is 6.89. The molecule has 1 amide bonds. The maximum Gasteiger partial charge on any atom is 0.269 e. The average Bonchev–Trinajstić information content (AvgIpc) is 3.18. The molecule has 120 valence electrons. The number of rotatable bonds is 5. The first-order chi connectivity index (χ1) is 11.1. The Morgan fingerprint density at radius 3 is 2.78 bits per heavy atom. The number of amides is 1. The van der Waals surface area contributed by atoms with E-state index in [1.807, 2.05) is 6.07 Å². The molecule has 2 aromatic rings. The number of hydrogen-bond acceptors (Lipinski definition) is 5. The number of nitrogens with zero attached hydrogens (tertiary/aromatic N) is 2. The summed E-state index contributed by atoms with van der Waals surface area (Å²) < 4.78 is 0. The number of likely N-dealkylation sites (tertiary alicyclic amines) is 1. The number of hydrogen-bond donors (Lipinski definition) is 1. The van der Waals surface area contributed by atoms with Crippen molar-refractivity contribution in [2.45, 2.75) is 18.9 Å². The van der Waals surface area contributed by atoms with Gasteiger partial charge in [-0.1, -0.05) is 6.07 Å². The van der Waals surface area contributed by atoms with Crippen molar-refractivity contribution in [1.82, 2.24) is 4.90 Å². The van der Waals surface area contributed by atoms with Crippen molar-refractivity contribution >= 4 is 28.6 Å². The molecule has 0 radical (unpaired) electrons. The smallest absolute Gasteiger partial charge is 0.269 e. The fourth-order valence-electron chi connectivity index (χ4n) is 2.87. The topological polar surface area (TPSA) is 75.5 Å². The van der Waals surface area contributed by atoms with Crippen LogP contribution < -0.4 is 5.32 Å². The van der Waals surface area contributed by atoms with Crippen LogP contribution in [0.5, 0.6) is 0 Å². The van der Waals surface area contributed by atoms with Gasteiger partial charge < -0.3 is 5.32 Å². The normalized spacial score (nSPS) is 18.0. The monoisotopic (exact) mass is 331 g/mol. The lowest BCUT2D eigenvalue weighted by Gasteiger charge is -2.22. The molecule has 1 N–H and O–H groups in total. The SMILES string of the molecule is O=C(CN1CCC[C@H]1c1cccs1)Nc1ccc([N+](=O)[O-])cc1. The lowest BCUT2D eigenvalue weighted by Crippen LogP contribution is -2.32. The van der Waals surface area contributed by atoms with Gasteiger partial charge in [0.2, 0.25) is 5.91 Å². The van der Waals surface area contributed by atoms with Gasteiger partial charge in [0, 0.05) is 28.7 Å². The van der Waals surface area contributed by atoms with Crippen LogP contribution in [-0.4, -0.2) is 28.8 Å². The lowest BCUT2D eigenvalue weighted by atomic mass is 10.2. The fraction of sp³-hybridized carbons (Fsp3) is 0.312. The summed E-state index contributed by atoms with van der Waals surface area (Å²) in [6.45, 7) is 1.25. The van der Waals surface area contributed by atoms with Crippen molar-refractivity contribution in [1.29, 1.82) is 0 Å². The number of nitrogens with one attached hydrogen (secondary N) is 1. The Kier molecular flexibility index (Phi) is 4.68. The van der Waals surface area contributed by atoms with Crippen LogP contribution in [0.15, 0.2) is 41.8 Å². The zero-order valence-corrected chi connectivity index (χ0v) is 13.3. The summed E-state index contributed by atoms with van der Waals surface area (Å²) in [6.07, 6.45) is 2.17. The molecule has 0 bridgehead atoms. The van der Waals surface area contributed by atoms with E-state index < -0.39 is 4.92 Å². The van der Waals surface area contributed by atoms with E-state index >= 15 is 0 Å². The number of non-ortho nitro benzene ring substituents is 1. The third kappa shape index (κ3) is 3.75. The van der Waals surface area contributed by atoms with Crippen molar-refractivity contribution in [2.75, 3.05) is 18.4 Å². The Balaban J connectivity index is 1.59. The highest BCUT2D eigenvalue weighted by molar-refractivity contribution is 7.10. The van der Waals surface area contributed by atoms with Crippen LogP contribution in [0.1, 0.15) is 23.8 Å². The minimum atomic E-state index is -0.457. The summed E-state index contributed by atoms with van der Waals surface area (Å²) in [5.74, 6) is -0.0951. The molecule has 1 aromatic carbocycles. The molecule has 2 heterocycles. The number of benzene rings is 1. The van der Waals surface area contributed by atoms with E-state index in [0.29, 0.717) is 18.3 Å². The van der Waals surface area contributed by atoms with Gasteiger partial charge in [-0.05, 0) is 43.0 Å². The Morgan fingerprint density at radius 2 is 2.13 bits per heavy atom. The molecule has 6 nitrogen and oxygen atoms in total. The first-order valence-corrected chi connectivity index (χ1v) is 8.33. The highest BCUT2D eigenvalue weighted by Gasteiger charge is 2.28. The molecule has 1 aliphatic rings. The summed E-state index contributed by atoms with van der Waals surface area (Å²) in [6, 6.07) is 10.3. The van der Waals surface area contributed by atoms with Crippen LogP contribution in [-0.2, 0) is 4.79 Å². The minimum absolute atomic E-state index is 0.0142. The molecule has 1 saturated heterocycles. The van der Waals surface area contributed by atoms with E-state index in [9.17, 15) is 14.9 Å². The van der Waals surface area contributed by atoms with Gasteiger partial charge >= 0.3 is 0 Å². The van der Waals surface area contributed by atoms with E-state index in [1.54, 1.807) is 23.5 Å². The van der Waals surface area contributed by atoms with Gasteiger partial charge in [0.05, 0.1) is 11.5 Å². The Labute approximate surface area is 137 Å². The zero-order chi connectivity index (χ0) is 16.2. The molecule has 1 aliphatic heterocycles. The zero-order valence-electron chi connectivity index (χ0n) is 12.5. The summed E-state index contributed by atoms with van der Waals surface area (Å²) in [5.41, 5.74) is 0.591. The third-order valence-electron chi connectivity index (χ3n) is 3.94. The molecule has 3 rings (SSSR count). The van der Waals surface area contributed by atoms with Gasteiger partial charge in [0.15, 0.2) is 0 Å². The van der Waals surface area contributed by atoms with Crippen molar-refractivity contribution < 1.29 is 9.72 Å². The van der Waals surface area contributed by atoms with Crippen molar-refractivity contribution in [2.24, 2.45) is 0 Å². The van der Waals surface area contributed by atoms with E-state index in [0.717, 1.165) is 19.4 Å². The quantitative estimate of drug-likeness (QED) is 0.673. The Hall–Kier alpha value is -2.25. The fourth-order valence-corrected chi connectivity index (χ4v) is 3.77. The van der Waals surface area contributed by atoms with Crippen molar-refractivity contribution in [3.05, 3.63) is 56.8 Å². The highest BCUT2D eigenvalue weighted by atomic mass is 32.1. The van der Waals surface area contributed by atoms with Gasteiger partial charge in [-0.15, -0.1) is 11.3 Å². The molecular formula is C16H17N3O3S. The predicted octanol–water partition coefficient (Wildman–Crippen LogP) is 3.43. The molecule has 1 fully saturated rings. The molecule has 23 heavy (non-hydrogen) atoms. The molecule has 0 aliphatic carbocycles. The second-order valence-corrected chi connectivity index (χ2v) is 6.48. The maximum absolute atomic E-state index is 12.2. The van der Waals surface area contributed by atoms with Gasteiger partial charge in [0.1, 0.15) is 0 Å². The Bertz CT molecular complexity index is 685. The van der Waals surface area contributed by atoms with Gasteiger partial charge in [-0.25, -0.2) is 0 Å². The maximum atomic E-state index is 12.2. The summed E-state index contributed by atoms with van der Waals surface area (Å²) in [7, 11) is 0. The lowest BCUT2D eigenvalue weighted by molar-refractivity contribution is -0.384. The van der Waals surface area contributed by atoms with E-state index in [-0.39, 0.29) is 11.6 Å². The molecule has 1 atom stereocenters. The molecular weight excluding hydrogens is 314 g/mol. The van der Waals surface area contributed by atoms with E-state index in [2.05, 4.69) is 21.7 Å². The van der Waals surface area contributed by atoms with Gasteiger partial charge in [-0.3, -0.25) is 19.8 Å². The van der Waals surface area contributed by atoms with Crippen molar-refractivity contribution in [3.63, 3.8) is 0 Å². The third-order valence-corrected chi connectivity index (χ3v) is 4.92. The van der Waals surface area contributed by atoms with Crippen LogP contribution in [0.2, 0.25) is 0 Å². The number of nitro groups is 1. The Morgan fingerprint density at radius 1 is 1.35 bits per heavy atom. The highest BCUT2D eigenvalue weighted by Crippen LogP contribution is 2.34. The van der Waals surface area contributed by atoms with Crippen molar-refractivity contribution in [3.8, 4) is 0 Å². The standard InChI is InChI=1S/C16H17N3O3S/c20-16(17-12-5-7-13(8-6-12)19(21)22)11-18-9-1-3-14(18)15-4-2-10-23-15/h2,4-8,10,14H,1,3,9,11H2,(H,17,20)/t14-/m0/s1. The number of anilines is 1. The van der Waals surface area contributed by atoms with Crippen LogP contribution in [0.3, 0.4) is 0 Å². The van der Waals surface area contributed by atoms with Crippen LogP contribution in [0.4, 0.5) is 11.4 Å². The van der Waals surface area contributed by atoms with Crippen LogP contribution in [0.25, 0.3) is 0 Å². The van der Waals surface area contributed by atoms with E-state index in [1.165, 1.54) is 17.0 Å². The van der Waals surface area contributed by atoms with E-state index in [4.69, 9.17) is 0 Å². The molecule has 0 unspecified atom stereocenters. The number of nitro benzene ring substituents is 1. The second-order valence-electron chi connectivity index (χ2n) is 5.50. The average molecular weight is 331 g/mol. The number of carbonyl (C=O) groups is 1. The summed E-state index contributed by atoms with van der Waals surface area (Å²) in [5, 5.41) is 15.5. The molecule has 1 aromatic heterocycles. The molecule has 0 saturated carbocycles. The largest absolute Gasteiger partial charge is 0.325 e. The summed E-state index contributed by atoms with van der Waals surface area (Å²) >= 11 is 1.72. The van der Waals surface area contributed by atoms with Crippen LogP contribution in [0, 0.1) is 10.1 Å². The predicted molar refractivity (Wildman–Crippen MR) is 89.6 cm³/mol. The molecule has 0 spiro atoms. The number of thiophene rings is 1. The minimum Gasteiger partial charge on any atom is -0.325 e.